The minimum absolute atomic E-state index is 0.224. The number of nitrogens with zero attached hydrogens (tertiary/aromatic N) is 2. The highest BCUT2D eigenvalue weighted by molar-refractivity contribution is 9.10. The smallest absolute Gasteiger partial charge is 0.275 e. The number of para-hydroxylation sites is 3. The van der Waals surface area contributed by atoms with Crippen molar-refractivity contribution in [2.24, 2.45) is 5.10 Å². The Labute approximate surface area is 190 Å². The summed E-state index contributed by atoms with van der Waals surface area (Å²) in [4.78, 5) is 20.7. The Morgan fingerprint density at radius 2 is 1.91 bits per heavy atom. The predicted molar refractivity (Wildman–Crippen MR) is 125 cm³/mol. The zero-order valence-electron chi connectivity index (χ0n) is 16.9. The molecule has 0 bridgehead atoms. The van der Waals surface area contributed by atoms with Gasteiger partial charge in [0, 0.05) is 9.86 Å². The summed E-state index contributed by atoms with van der Waals surface area (Å²) in [5.74, 6) is 0.629. The van der Waals surface area contributed by atoms with Gasteiger partial charge < -0.3 is 14.1 Å². The molecule has 1 amide bonds. The van der Waals surface area contributed by atoms with Crippen LogP contribution in [0.3, 0.4) is 0 Å². The van der Waals surface area contributed by atoms with Crippen molar-refractivity contribution in [3.05, 3.63) is 88.4 Å². The summed E-state index contributed by atoms with van der Waals surface area (Å²) in [7, 11) is 1.51. The second-order valence-electron chi connectivity index (χ2n) is 7.00. The molecule has 2 heterocycles. The van der Waals surface area contributed by atoms with E-state index in [-0.39, 0.29) is 5.55 Å². The minimum Gasteiger partial charge on any atom is -0.496 e. The lowest BCUT2D eigenvalue weighted by atomic mass is 10.2. The van der Waals surface area contributed by atoms with Crippen LogP contribution in [-0.2, 0) is 0 Å². The third-order valence-electron chi connectivity index (χ3n) is 4.96. The van der Waals surface area contributed by atoms with Gasteiger partial charge in [-0.05, 0) is 48.5 Å². The van der Waals surface area contributed by atoms with Crippen LogP contribution in [0.5, 0.6) is 5.75 Å². The van der Waals surface area contributed by atoms with E-state index in [4.69, 9.17) is 9.15 Å². The van der Waals surface area contributed by atoms with E-state index in [1.165, 1.54) is 7.11 Å². The largest absolute Gasteiger partial charge is 0.496 e. The summed E-state index contributed by atoms with van der Waals surface area (Å²) >= 11 is 3.49. The van der Waals surface area contributed by atoms with Gasteiger partial charge in [-0.1, -0.05) is 40.2 Å². The molecule has 2 aromatic heterocycles. The van der Waals surface area contributed by atoms with E-state index in [2.05, 4.69) is 36.4 Å². The van der Waals surface area contributed by atoms with E-state index >= 15 is 0 Å². The highest BCUT2D eigenvalue weighted by Crippen LogP contribution is 2.24. The number of hydrogen-bond donors (Lipinski definition) is 2. The molecule has 5 rings (SSSR count). The summed E-state index contributed by atoms with van der Waals surface area (Å²) in [6.07, 6.45) is 0. The Morgan fingerprint density at radius 1 is 1.09 bits per heavy atom. The third-order valence-corrected chi connectivity index (χ3v) is 5.46. The molecular weight excluding hydrogens is 472 g/mol. The molecule has 0 saturated carbocycles. The number of fused-ring (bicyclic) bond motifs is 2. The molecule has 5 aromatic rings. The van der Waals surface area contributed by atoms with Crippen LogP contribution in [0.25, 0.3) is 33.4 Å². The molecule has 0 spiro atoms. The van der Waals surface area contributed by atoms with Crippen LogP contribution in [0.4, 0.5) is 0 Å². The van der Waals surface area contributed by atoms with Crippen molar-refractivity contribution in [2.75, 3.05) is 7.11 Å². The van der Waals surface area contributed by atoms with Crippen molar-refractivity contribution in [3.63, 3.8) is 0 Å². The fourth-order valence-electron chi connectivity index (χ4n) is 3.43. The second-order valence-corrected chi connectivity index (χ2v) is 7.92. The number of benzene rings is 3. The molecule has 0 unspecified atom stereocenters. The van der Waals surface area contributed by atoms with Gasteiger partial charge in [0.05, 0.1) is 29.3 Å². The summed E-state index contributed by atoms with van der Waals surface area (Å²) in [5, 5.41) is 5.15. The quantitative estimate of drug-likeness (QED) is 0.348. The summed E-state index contributed by atoms with van der Waals surface area (Å²) in [5.41, 5.74) is 6.12. The zero-order chi connectivity index (χ0) is 22.1. The van der Waals surface area contributed by atoms with Gasteiger partial charge in [-0.2, -0.15) is 0 Å². The van der Waals surface area contributed by atoms with Crippen molar-refractivity contribution in [2.45, 2.75) is 0 Å². The SMILES string of the molecule is COc1ccccc1C(=O)N/N=c1/oc2ccc(Br)cc2cc1-c1nc2ccccc2[nH]1. The predicted octanol–water partition coefficient (Wildman–Crippen LogP) is 4.99. The number of aromatic nitrogens is 2. The first-order valence-corrected chi connectivity index (χ1v) is 10.6. The number of carbonyl (C=O) groups excluding carboxylic acids is 1. The molecule has 0 aliphatic carbocycles. The molecular formula is C24H17BrN4O3. The number of ether oxygens (including phenoxy) is 1. The number of halogens is 1. The molecule has 2 N–H and O–H groups in total. The first kappa shape index (κ1) is 20.0. The average molecular weight is 489 g/mol. The first-order valence-electron chi connectivity index (χ1n) is 9.78. The van der Waals surface area contributed by atoms with E-state index in [1.54, 1.807) is 24.3 Å². The summed E-state index contributed by atoms with van der Waals surface area (Å²) < 4.78 is 12.2. The molecule has 3 aromatic carbocycles. The number of aromatic amines is 1. The molecule has 158 valence electrons. The number of imidazole rings is 1. The van der Waals surface area contributed by atoms with E-state index in [9.17, 15) is 4.79 Å². The number of hydrogen-bond acceptors (Lipinski definition) is 5. The number of methoxy groups -OCH3 is 1. The van der Waals surface area contributed by atoms with Crippen LogP contribution >= 0.6 is 15.9 Å². The average Bonchev–Trinajstić information content (AvgIpc) is 3.26. The van der Waals surface area contributed by atoms with Crippen molar-refractivity contribution in [1.29, 1.82) is 0 Å². The maximum Gasteiger partial charge on any atom is 0.275 e. The van der Waals surface area contributed by atoms with Crippen LogP contribution in [0.2, 0.25) is 0 Å². The van der Waals surface area contributed by atoms with E-state index in [1.807, 2.05) is 48.5 Å². The van der Waals surface area contributed by atoms with Crippen LogP contribution in [0.15, 0.2) is 86.8 Å². The van der Waals surface area contributed by atoms with Crippen molar-refractivity contribution < 1.29 is 13.9 Å². The third kappa shape index (κ3) is 3.76. The van der Waals surface area contributed by atoms with Crippen molar-refractivity contribution in [3.8, 4) is 17.1 Å². The van der Waals surface area contributed by atoms with E-state index < -0.39 is 5.91 Å². The van der Waals surface area contributed by atoms with Crippen LogP contribution in [0, 0.1) is 0 Å². The fourth-order valence-corrected chi connectivity index (χ4v) is 3.81. The van der Waals surface area contributed by atoms with Crippen LogP contribution in [-0.4, -0.2) is 23.0 Å². The lowest BCUT2D eigenvalue weighted by molar-refractivity contribution is 0.0948. The van der Waals surface area contributed by atoms with Gasteiger partial charge in [0.25, 0.3) is 5.91 Å². The van der Waals surface area contributed by atoms with Gasteiger partial charge in [0.2, 0.25) is 5.55 Å². The highest BCUT2D eigenvalue weighted by atomic mass is 79.9. The summed E-state index contributed by atoms with van der Waals surface area (Å²) in [6, 6.07) is 22.2. The van der Waals surface area contributed by atoms with Crippen LogP contribution < -0.4 is 15.7 Å². The molecule has 0 radical (unpaired) electrons. The summed E-state index contributed by atoms with van der Waals surface area (Å²) in [6.45, 7) is 0. The lowest BCUT2D eigenvalue weighted by Gasteiger charge is -2.07. The Morgan fingerprint density at radius 3 is 2.75 bits per heavy atom. The maximum atomic E-state index is 12.7. The first-order chi connectivity index (χ1) is 15.6. The van der Waals surface area contributed by atoms with Gasteiger partial charge in [0.15, 0.2) is 0 Å². The molecule has 0 fully saturated rings. The zero-order valence-corrected chi connectivity index (χ0v) is 18.5. The topological polar surface area (TPSA) is 92.5 Å². The number of rotatable bonds is 4. The second kappa shape index (κ2) is 8.32. The minimum atomic E-state index is -0.413. The van der Waals surface area contributed by atoms with Crippen molar-refractivity contribution in [1.82, 2.24) is 15.4 Å². The fraction of sp³-hybridized carbons (Fsp3) is 0.0417. The molecule has 0 aliphatic heterocycles. The Kier molecular flexibility index (Phi) is 5.20. The van der Waals surface area contributed by atoms with E-state index in [0.717, 1.165) is 20.9 Å². The molecule has 32 heavy (non-hydrogen) atoms. The van der Waals surface area contributed by atoms with Gasteiger partial charge >= 0.3 is 0 Å². The molecule has 8 heteroatoms. The normalized spacial score (nSPS) is 11.8. The molecule has 7 nitrogen and oxygen atoms in total. The Bertz CT molecular complexity index is 1500. The Hall–Kier alpha value is -3.91. The maximum absolute atomic E-state index is 12.7. The van der Waals surface area contributed by atoms with Gasteiger partial charge in [-0.25, -0.2) is 10.4 Å². The molecule has 0 saturated heterocycles. The number of nitrogens with one attached hydrogen (secondary N) is 2. The van der Waals surface area contributed by atoms with Gasteiger partial charge in [-0.3, -0.25) is 4.79 Å². The van der Waals surface area contributed by atoms with Crippen LogP contribution in [0.1, 0.15) is 10.4 Å². The highest BCUT2D eigenvalue weighted by Gasteiger charge is 2.14. The monoisotopic (exact) mass is 488 g/mol. The molecule has 0 aliphatic rings. The van der Waals surface area contributed by atoms with Gasteiger partial charge in [0.1, 0.15) is 17.2 Å². The molecule has 0 atom stereocenters. The van der Waals surface area contributed by atoms with Gasteiger partial charge in [-0.15, -0.1) is 5.10 Å². The number of carbonyl (C=O) groups is 1. The van der Waals surface area contributed by atoms with E-state index in [0.29, 0.717) is 28.3 Å². The number of amides is 1. The standard InChI is InChI=1S/C24H17BrN4O3/c1-31-21-9-5-2-6-16(21)23(30)28-29-24-17(13-14-12-15(25)10-11-20(14)32-24)22-26-18-7-3-4-8-19(18)27-22/h2-13H,1H3,(H,26,27)(H,28,30)/b29-24+. The Balaban J connectivity index is 1.64. The number of H-pyrrole nitrogens is 1. The lowest BCUT2D eigenvalue weighted by Crippen LogP contribution is -2.22. The van der Waals surface area contributed by atoms with Crippen molar-refractivity contribution >= 4 is 43.8 Å².